The number of ether oxygens (including phenoxy) is 1. The average Bonchev–Trinajstić information content (AvgIpc) is 3.13. The van der Waals surface area contributed by atoms with Crippen LogP contribution in [-0.2, 0) is 38.8 Å². The number of aryl methyl sites for hydroxylation is 1. The molecule has 0 unspecified atom stereocenters. The van der Waals surface area contributed by atoms with Crippen molar-refractivity contribution in [2.45, 2.75) is 31.6 Å². The van der Waals surface area contributed by atoms with Crippen molar-refractivity contribution in [1.29, 1.82) is 0 Å². The second-order valence-electron chi connectivity index (χ2n) is 8.53. The summed E-state index contributed by atoms with van der Waals surface area (Å²) in [6.45, 7) is 0.228. The highest BCUT2D eigenvalue weighted by Crippen LogP contribution is 2.34. The number of anilines is 1. The topological polar surface area (TPSA) is 113 Å². The van der Waals surface area contributed by atoms with E-state index in [4.69, 9.17) is 4.74 Å². The molecule has 0 fully saturated rings. The van der Waals surface area contributed by atoms with Gasteiger partial charge in [0.1, 0.15) is 18.0 Å². The van der Waals surface area contributed by atoms with Gasteiger partial charge in [0.15, 0.2) is 9.84 Å². The maximum absolute atomic E-state index is 12.5. The molecule has 0 atom stereocenters. The molecule has 2 N–H and O–H groups in total. The van der Waals surface area contributed by atoms with Crippen LogP contribution in [0.15, 0.2) is 90.9 Å². The van der Waals surface area contributed by atoms with Gasteiger partial charge in [0.05, 0.1) is 17.7 Å². The summed E-state index contributed by atoms with van der Waals surface area (Å²) in [6.07, 6.45) is 2.85. The molecule has 4 rings (SSSR count). The highest BCUT2D eigenvalue weighted by atomic mass is 32.2. The number of nitrogens with zero attached hydrogens (tertiary/aromatic N) is 1. The predicted molar refractivity (Wildman–Crippen MR) is 139 cm³/mol. The van der Waals surface area contributed by atoms with Gasteiger partial charge in [-0.15, -0.1) is 0 Å². The van der Waals surface area contributed by atoms with Crippen LogP contribution in [0.5, 0.6) is 5.75 Å². The van der Waals surface area contributed by atoms with Crippen molar-refractivity contribution in [3.63, 3.8) is 0 Å². The standard InChI is InChI=1S/C26H28N2O6S2/c29-26-18-28(36(32,33)27-26)24-15-14-21(17-25(24)34-19-22-10-3-1-4-11-22)9-7-8-16-35(30,31)20-23-12-5-2-6-13-23/h1-6,10-15,17-18,27,29H,7-9,16,19-20H2. The van der Waals surface area contributed by atoms with E-state index >= 15 is 0 Å². The van der Waals surface area contributed by atoms with Crippen molar-refractivity contribution in [2.75, 3.05) is 10.1 Å². The first-order valence-corrected chi connectivity index (χ1v) is 14.7. The molecule has 0 radical (unpaired) electrons. The molecule has 0 aliphatic carbocycles. The number of benzene rings is 3. The third-order valence-electron chi connectivity index (χ3n) is 5.63. The number of hydrogen-bond donors (Lipinski definition) is 2. The van der Waals surface area contributed by atoms with Gasteiger partial charge in [0, 0.05) is 0 Å². The lowest BCUT2D eigenvalue weighted by atomic mass is 10.1. The molecule has 1 aliphatic rings. The van der Waals surface area contributed by atoms with Crippen LogP contribution in [0.2, 0.25) is 0 Å². The fourth-order valence-electron chi connectivity index (χ4n) is 3.89. The largest absolute Gasteiger partial charge is 0.493 e. The van der Waals surface area contributed by atoms with Gasteiger partial charge in [-0.3, -0.25) is 0 Å². The van der Waals surface area contributed by atoms with Crippen LogP contribution in [-0.4, -0.2) is 27.7 Å². The number of aliphatic hydroxyl groups is 1. The Kier molecular flexibility index (Phi) is 7.85. The number of sulfone groups is 1. The van der Waals surface area contributed by atoms with Crippen LogP contribution in [0.25, 0.3) is 0 Å². The fraction of sp³-hybridized carbons (Fsp3) is 0.231. The summed E-state index contributed by atoms with van der Waals surface area (Å²) in [5, 5.41) is 9.69. The van der Waals surface area contributed by atoms with E-state index < -0.39 is 25.9 Å². The van der Waals surface area contributed by atoms with Crippen LogP contribution < -0.4 is 13.8 Å². The first kappa shape index (κ1) is 25.6. The van der Waals surface area contributed by atoms with Crippen LogP contribution in [0, 0.1) is 0 Å². The highest BCUT2D eigenvalue weighted by Gasteiger charge is 2.31. The minimum Gasteiger partial charge on any atom is -0.493 e. The van der Waals surface area contributed by atoms with Gasteiger partial charge in [-0.2, -0.15) is 8.42 Å². The van der Waals surface area contributed by atoms with E-state index in [1.165, 1.54) is 0 Å². The van der Waals surface area contributed by atoms with Gasteiger partial charge in [-0.1, -0.05) is 66.7 Å². The van der Waals surface area contributed by atoms with Crippen molar-refractivity contribution >= 4 is 25.7 Å². The molecule has 0 amide bonds. The summed E-state index contributed by atoms with van der Waals surface area (Å²) in [7, 11) is -7.18. The van der Waals surface area contributed by atoms with E-state index in [1.807, 2.05) is 53.3 Å². The van der Waals surface area contributed by atoms with Gasteiger partial charge in [-0.05, 0) is 48.1 Å². The van der Waals surface area contributed by atoms with Gasteiger partial charge in [-0.25, -0.2) is 17.4 Å². The maximum atomic E-state index is 12.5. The Bertz CT molecular complexity index is 1420. The molecular weight excluding hydrogens is 500 g/mol. The predicted octanol–water partition coefficient (Wildman–Crippen LogP) is 4.21. The van der Waals surface area contributed by atoms with Gasteiger partial charge in [0.2, 0.25) is 5.88 Å². The summed E-state index contributed by atoms with van der Waals surface area (Å²) < 4.78 is 58.7. The van der Waals surface area contributed by atoms with Crippen molar-refractivity contribution in [1.82, 2.24) is 4.72 Å². The van der Waals surface area contributed by atoms with E-state index in [0.717, 1.165) is 27.2 Å². The molecule has 8 nitrogen and oxygen atoms in total. The number of hydrogen-bond acceptors (Lipinski definition) is 6. The second kappa shape index (κ2) is 11.0. The zero-order chi connectivity index (χ0) is 25.6. The van der Waals surface area contributed by atoms with Crippen LogP contribution in [0.3, 0.4) is 0 Å². The molecule has 36 heavy (non-hydrogen) atoms. The Morgan fingerprint density at radius 2 is 1.53 bits per heavy atom. The lowest BCUT2D eigenvalue weighted by Gasteiger charge is -2.19. The van der Waals surface area contributed by atoms with Crippen molar-refractivity contribution in [2.24, 2.45) is 0 Å². The summed E-state index contributed by atoms with van der Waals surface area (Å²) in [5.74, 6) is -0.0214. The molecule has 190 valence electrons. The van der Waals surface area contributed by atoms with Crippen molar-refractivity contribution in [3.05, 3.63) is 108 Å². The molecule has 0 bridgehead atoms. The Morgan fingerprint density at radius 1 is 0.861 bits per heavy atom. The second-order valence-corrected chi connectivity index (χ2v) is 12.3. The minimum absolute atomic E-state index is 0.0265. The Balaban J connectivity index is 1.44. The lowest BCUT2D eigenvalue weighted by molar-refractivity contribution is 0.307. The van der Waals surface area contributed by atoms with Crippen molar-refractivity contribution in [3.8, 4) is 5.75 Å². The molecule has 0 saturated carbocycles. The van der Waals surface area contributed by atoms with E-state index in [9.17, 15) is 21.9 Å². The zero-order valence-electron chi connectivity index (χ0n) is 19.6. The first-order valence-electron chi connectivity index (χ1n) is 11.5. The fourth-order valence-corrected chi connectivity index (χ4v) is 6.44. The smallest absolute Gasteiger partial charge is 0.330 e. The number of aliphatic hydroxyl groups excluding tert-OH is 1. The average molecular weight is 529 g/mol. The van der Waals surface area contributed by atoms with Crippen LogP contribution in [0.4, 0.5) is 5.69 Å². The molecule has 0 aromatic heterocycles. The normalized spacial score (nSPS) is 14.8. The van der Waals surface area contributed by atoms with Gasteiger partial charge < -0.3 is 9.84 Å². The number of nitrogens with one attached hydrogen (secondary N) is 1. The summed E-state index contributed by atoms with van der Waals surface area (Å²) in [6, 6.07) is 23.8. The van der Waals surface area contributed by atoms with Crippen molar-refractivity contribution < 1.29 is 26.7 Å². The lowest BCUT2D eigenvalue weighted by Crippen LogP contribution is -2.29. The molecule has 10 heteroatoms. The SMILES string of the molecule is O=S(=O)(CCCCc1ccc(N2C=C(O)NS2(=O)=O)c(OCc2ccccc2)c1)Cc1ccccc1. The molecule has 1 heterocycles. The molecule has 0 spiro atoms. The molecule has 3 aromatic rings. The third kappa shape index (κ3) is 6.79. The Morgan fingerprint density at radius 3 is 2.17 bits per heavy atom. The monoisotopic (exact) mass is 528 g/mol. The Hall–Kier alpha value is -3.50. The summed E-state index contributed by atoms with van der Waals surface area (Å²) in [4.78, 5) is 0. The maximum Gasteiger partial charge on any atom is 0.330 e. The Labute approximate surface area is 212 Å². The van der Waals surface area contributed by atoms with Crippen LogP contribution >= 0.6 is 0 Å². The first-order chi connectivity index (χ1) is 17.2. The summed E-state index contributed by atoms with van der Waals surface area (Å²) >= 11 is 0. The molecule has 1 aliphatic heterocycles. The molecule has 3 aromatic carbocycles. The van der Waals surface area contributed by atoms with E-state index in [1.54, 1.807) is 30.3 Å². The third-order valence-corrected chi connectivity index (χ3v) is 8.60. The zero-order valence-corrected chi connectivity index (χ0v) is 21.2. The molecular formula is C26H28N2O6S2. The van der Waals surface area contributed by atoms with E-state index in [2.05, 4.69) is 0 Å². The van der Waals surface area contributed by atoms with E-state index in [-0.39, 0.29) is 23.8 Å². The minimum atomic E-state index is -3.98. The van der Waals surface area contributed by atoms with Crippen LogP contribution in [0.1, 0.15) is 29.5 Å². The molecule has 0 saturated heterocycles. The quantitative estimate of drug-likeness (QED) is 0.361. The highest BCUT2D eigenvalue weighted by molar-refractivity contribution is 7.91. The van der Waals surface area contributed by atoms with Gasteiger partial charge in [0.25, 0.3) is 0 Å². The number of unbranched alkanes of at least 4 members (excludes halogenated alkanes) is 1. The summed E-state index contributed by atoms with van der Waals surface area (Å²) in [5.41, 5.74) is 2.84. The van der Waals surface area contributed by atoms with E-state index in [0.29, 0.717) is 25.0 Å². The van der Waals surface area contributed by atoms with Gasteiger partial charge >= 0.3 is 10.2 Å². The number of rotatable bonds is 11.